The molecule has 66 heavy (non-hydrogen) atoms. The number of benzene rings is 12. The Bertz CT molecular complexity index is 3310. The standard InChI is InChI=1S/C64H44N2/c1-5-15-55-41-61(35-27-45(55)11-1)65(62-36-28-46-12-2-6-16-56(46)42-62)59-31-23-49(24-32-59)51-19-9-21-53(39-51)54-22-10-20-52(40-54)50-25-33-60(34-26-50)66(63-37-29-47-13-3-7-17-57(47)43-63)64-38-30-48-14-4-8-18-58(48)44-64/h1-44H. The van der Waals surface area contributed by atoms with Crippen LogP contribution in [0.4, 0.5) is 34.1 Å². The van der Waals surface area contributed by atoms with Gasteiger partial charge in [-0.05, 0) is 161 Å². The Morgan fingerprint density at radius 1 is 0.152 bits per heavy atom. The first-order valence-corrected chi connectivity index (χ1v) is 22.6. The lowest BCUT2D eigenvalue weighted by atomic mass is 9.96. The molecule has 0 saturated carbocycles. The van der Waals surface area contributed by atoms with Crippen LogP contribution in [0, 0.1) is 0 Å². The largest absolute Gasteiger partial charge is 0.310 e. The van der Waals surface area contributed by atoms with Crippen LogP contribution in [-0.2, 0) is 0 Å². The maximum atomic E-state index is 2.36. The zero-order valence-corrected chi connectivity index (χ0v) is 36.3. The Kier molecular flexibility index (Phi) is 9.89. The fraction of sp³-hybridized carbons (Fsp3) is 0. The quantitative estimate of drug-likeness (QED) is 0.143. The summed E-state index contributed by atoms with van der Waals surface area (Å²) < 4.78 is 0. The van der Waals surface area contributed by atoms with Crippen LogP contribution in [0.2, 0.25) is 0 Å². The molecule has 2 heteroatoms. The molecule has 0 radical (unpaired) electrons. The number of hydrogen-bond acceptors (Lipinski definition) is 2. The summed E-state index contributed by atoms with van der Waals surface area (Å²) in [6.45, 7) is 0. The van der Waals surface area contributed by atoms with Gasteiger partial charge in [-0.15, -0.1) is 0 Å². The molecule has 12 aromatic rings. The van der Waals surface area contributed by atoms with Gasteiger partial charge in [-0.1, -0.05) is 182 Å². The van der Waals surface area contributed by atoms with Gasteiger partial charge in [0, 0.05) is 34.1 Å². The fourth-order valence-electron chi connectivity index (χ4n) is 9.52. The van der Waals surface area contributed by atoms with E-state index in [0.29, 0.717) is 0 Å². The normalized spacial score (nSPS) is 11.3. The summed E-state index contributed by atoms with van der Waals surface area (Å²) in [5.41, 5.74) is 13.8. The third kappa shape index (κ3) is 7.51. The third-order valence-corrected chi connectivity index (χ3v) is 12.9. The molecule has 0 heterocycles. The molecule has 0 N–H and O–H groups in total. The number of anilines is 6. The van der Waals surface area contributed by atoms with E-state index in [2.05, 4.69) is 277 Å². The fourth-order valence-corrected chi connectivity index (χ4v) is 9.52. The van der Waals surface area contributed by atoms with Crippen LogP contribution < -0.4 is 9.80 Å². The highest BCUT2D eigenvalue weighted by Gasteiger charge is 2.17. The van der Waals surface area contributed by atoms with E-state index in [1.165, 1.54) is 76.5 Å². The van der Waals surface area contributed by atoms with E-state index in [0.717, 1.165) is 34.1 Å². The van der Waals surface area contributed by atoms with Crippen LogP contribution >= 0.6 is 0 Å². The van der Waals surface area contributed by atoms with Crippen molar-refractivity contribution in [2.75, 3.05) is 9.80 Å². The molecule has 0 bridgehead atoms. The minimum absolute atomic E-state index is 1.11. The van der Waals surface area contributed by atoms with Gasteiger partial charge in [-0.25, -0.2) is 0 Å². The smallest absolute Gasteiger partial charge is 0.0468 e. The van der Waals surface area contributed by atoms with Crippen molar-refractivity contribution in [2.45, 2.75) is 0 Å². The van der Waals surface area contributed by atoms with Gasteiger partial charge in [0.15, 0.2) is 0 Å². The van der Waals surface area contributed by atoms with E-state index in [1.54, 1.807) is 0 Å². The van der Waals surface area contributed by atoms with Crippen molar-refractivity contribution in [2.24, 2.45) is 0 Å². The van der Waals surface area contributed by atoms with E-state index >= 15 is 0 Å². The van der Waals surface area contributed by atoms with E-state index in [4.69, 9.17) is 0 Å². The van der Waals surface area contributed by atoms with Crippen molar-refractivity contribution in [3.63, 3.8) is 0 Å². The Hall–Kier alpha value is -8.72. The summed E-state index contributed by atoms with van der Waals surface area (Å²) in [7, 11) is 0. The summed E-state index contributed by atoms with van der Waals surface area (Å²) in [6, 6.07) is 97.0. The van der Waals surface area contributed by atoms with Crippen LogP contribution in [0.15, 0.2) is 267 Å². The number of nitrogens with zero attached hydrogens (tertiary/aromatic N) is 2. The maximum absolute atomic E-state index is 2.36. The first kappa shape index (κ1) is 38.9. The Balaban J connectivity index is 0.846. The zero-order chi connectivity index (χ0) is 43.8. The van der Waals surface area contributed by atoms with Crippen LogP contribution in [0.3, 0.4) is 0 Å². The molecule has 0 amide bonds. The van der Waals surface area contributed by atoms with Gasteiger partial charge >= 0.3 is 0 Å². The van der Waals surface area contributed by atoms with Gasteiger partial charge in [0.05, 0.1) is 0 Å². The van der Waals surface area contributed by atoms with Gasteiger partial charge in [0.25, 0.3) is 0 Å². The molecule has 0 unspecified atom stereocenters. The van der Waals surface area contributed by atoms with Gasteiger partial charge < -0.3 is 9.80 Å². The van der Waals surface area contributed by atoms with Crippen molar-refractivity contribution in [3.8, 4) is 33.4 Å². The van der Waals surface area contributed by atoms with Crippen LogP contribution in [0.25, 0.3) is 76.5 Å². The Labute approximate surface area is 385 Å². The van der Waals surface area contributed by atoms with Crippen molar-refractivity contribution >= 4 is 77.2 Å². The average molecular weight is 841 g/mol. The van der Waals surface area contributed by atoms with Crippen molar-refractivity contribution in [3.05, 3.63) is 267 Å². The molecule has 310 valence electrons. The summed E-state index contributed by atoms with van der Waals surface area (Å²) in [6.07, 6.45) is 0. The minimum Gasteiger partial charge on any atom is -0.310 e. The predicted octanol–water partition coefficient (Wildman–Crippen LogP) is 18.2. The lowest BCUT2D eigenvalue weighted by Crippen LogP contribution is -2.09. The highest BCUT2D eigenvalue weighted by atomic mass is 15.1. The first-order valence-electron chi connectivity index (χ1n) is 22.6. The summed E-state index contributed by atoms with van der Waals surface area (Å²) in [4.78, 5) is 4.73. The molecule has 2 nitrogen and oxygen atoms in total. The molecular formula is C64H44N2. The van der Waals surface area contributed by atoms with E-state index in [9.17, 15) is 0 Å². The highest BCUT2D eigenvalue weighted by molar-refractivity contribution is 5.95. The van der Waals surface area contributed by atoms with Gasteiger partial charge in [0.1, 0.15) is 0 Å². The van der Waals surface area contributed by atoms with Crippen LogP contribution in [-0.4, -0.2) is 0 Å². The SMILES string of the molecule is c1cc(-c2ccc(N(c3ccc4ccccc4c3)c3ccc4ccccc4c3)cc2)cc(-c2cccc(-c3ccc(N(c4ccc5ccccc5c4)c4ccc5ccccc5c4)cc3)c2)c1. The minimum atomic E-state index is 1.11. The second kappa shape index (κ2) is 16.8. The molecule has 0 aliphatic heterocycles. The summed E-state index contributed by atoms with van der Waals surface area (Å²) >= 11 is 0. The van der Waals surface area contributed by atoms with E-state index in [1.807, 2.05) is 0 Å². The third-order valence-electron chi connectivity index (χ3n) is 12.9. The van der Waals surface area contributed by atoms with Crippen molar-refractivity contribution < 1.29 is 0 Å². The molecule has 12 aromatic carbocycles. The predicted molar refractivity (Wildman–Crippen MR) is 282 cm³/mol. The molecule has 0 aliphatic rings. The monoisotopic (exact) mass is 840 g/mol. The van der Waals surface area contributed by atoms with Crippen molar-refractivity contribution in [1.82, 2.24) is 0 Å². The van der Waals surface area contributed by atoms with E-state index < -0.39 is 0 Å². The average Bonchev–Trinajstić information content (AvgIpc) is 3.39. The summed E-state index contributed by atoms with van der Waals surface area (Å²) in [5.74, 6) is 0. The Morgan fingerprint density at radius 2 is 0.394 bits per heavy atom. The molecule has 0 spiro atoms. The molecule has 0 saturated heterocycles. The van der Waals surface area contributed by atoms with Crippen LogP contribution in [0.5, 0.6) is 0 Å². The Morgan fingerprint density at radius 3 is 0.682 bits per heavy atom. The lowest BCUT2D eigenvalue weighted by Gasteiger charge is -2.26. The molecule has 0 aromatic heterocycles. The summed E-state index contributed by atoms with van der Waals surface area (Å²) in [5, 5.41) is 9.80. The van der Waals surface area contributed by atoms with E-state index in [-0.39, 0.29) is 0 Å². The number of rotatable bonds is 9. The molecule has 0 fully saturated rings. The molecule has 12 rings (SSSR count). The topological polar surface area (TPSA) is 6.48 Å². The first-order chi connectivity index (χ1) is 32.7. The number of fused-ring (bicyclic) bond motifs is 4. The maximum Gasteiger partial charge on any atom is 0.0468 e. The molecule has 0 atom stereocenters. The van der Waals surface area contributed by atoms with Gasteiger partial charge in [-0.3, -0.25) is 0 Å². The molecular weight excluding hydrogens is 797 g/mol. The second-order valence-electron chi connectivity index (χ2n) is 17.1. The zero-order valence-electron chi connectivity index (χ0n) is 36.3. The second-order valence-corrected chi connectivity index (χ2v) is 17.1. The van der Waals surface area contributed by atoms with Crippen LogP contribution in [0.1, 0.15) is 0 Å². The lowest BCUT2D eigenvalue weighted by molar-refractivity contribution is 1.29. The van der Waals surface area contributed by atoms with Crippen molar-refractivity contribution in [1.29, 1.82) is 0 Å². The highest BCUT2D eigenvalue weighted by Crippen LogP contribution is 2.41. The van der Waals surface area contributed by atoms with Gasteiger partial charge in [-0.2, -0.15) is 0 Å². The van der Waals surface area contributed by atoms with Gasteiger partial charge in [0.2, 0.25) is 0 Å². The number of hydrogen-bond donors (Lipinski definition) is 0. The molecule has 0 aliphatic carbocycles.